The van der Waals surface area contributed by atoms with Gasteiger partial charge in [0.1, 0.15) is 12.3 Å². The van der Waals surface area contributed by atoms with E-state index < -0.39 is 40.7 Å². The van der Waals surface area contributed by atoms with Crippen LogP contribution in [0.1, 0.15) is 25.0 Å². The fourth-order valence-electron chi connectivity index (χ4n) is 3.55. The molecule has 0 saturated carbocycles. The van der Waals surface area contributed by atoms with E-state index in [4.69, 9.17) is 21.1 Å². The molecule has 0 aliphatic carbocycles. The molecule has 1 amide bonds. The van der Waals surface area contributed by atoms with Crippen LogP contribution >= 0.6 is 11.6 Å². The topological polar surface area (TPSA) is 51.1 Å². The largest absolute Gasteiger partial charge is 0.490 e. The number of halogens is 6. The highest BCUT2D eigenvalue weighted by molar-refractivity contribution is 6.32. The standard InChI is InChI=1S/C26H18ClF5N2O3/c1-3-36-19-11-14(8-9-18(19)37-12-15-6-4-5-7-17(15)27)10-16-13(2)33-34(26(16)35)25-23(31)21(29)20(28)22(30)24(25)32/h4-11H,3,12H2,1-2H3/b16-10+. The summed E-state index contributed by atoms with van der Waals surface area (Å²) >= 11 is 6.17. The third-order valence-corrected chi connectivity index (χ3v) is 5.75. The normalized spacial score (nSPS) is 14.4. The Kier molecular flexibility index (Phi) is 7.49. The molecule has 0 spiro atoms. The molecule has 1 heterocycles. The Hall–Kier alpha value is -3.92. The van der Waals surface area contributed by atoms with Gasteiger partial charge in [0.2, 0.25) is 5.82 Å². The van der Waals surface area contributed by atoms with Gasteiger partial charge in [-0.25, -0.2) is 22.0 Å². The third kappa shape index (κ3) is 5.01. The van der Waals surface area contributed by atoms with Crippen molar-refractivity contribution in [2.24, 2.45) is 5.10 Å². The molecule has 1 aliphatic rings. The number of carbonyl (C=O) groups excluding carboxylic acids is 1. The summed E-state index contributed by atoms with van der Waals surface area (Å²) < 4.78 is 80.8. The second kappa shape index (κ2) is 10.6. The smallest absolute Gasteiger partial charge is 0.280 e. The van der Waals surface area contributed by atoms with Gasteiger partial charge in [-0.3, -0.25) is 4.79 Å². The lowest BCUT2D eigenvalue weighted by molar-refractivity contribution is -0.114. The first-order chi connectivity index (χ1) is 17.6. The van der Waals surface area contributed by atoms with Crippen molar-refractivity contribution in [1.29, 1.82) is 0 Å². The number of hydrazone groups is 1. The molecule has 0 radical (unpaired) electrons. The van der Waals surface area contributed by atoms with Crippen LogP contribution < -0.4 is 14.5 Å². The summed E-state index contributed by atoms with van der Waals surface area (Å²) in [5.74, 6) is -11.3. The maximum Gasteiger partial charge on any atom is 0.280 e. The van der Waals surface area contributed by atoms with Crippen LogP contribution in [-0.4, -0.2) is 18.2 Å². The van der Waals surface area contributed by atoms with Gasteiger partial charge >= 0.3 is 0 Å². The number of rotatable bonds is 7. The van der Waals surface area contributed by atoms with E-state index in [-0.39, 0.29) is 22.9 Å². The maximum atomic E-state index is 14.3. The van der Waals surface area contributed by atoms with Crippen molar-refractivity contribution in [3.8, 4) is 11.5 Å². The van der Waals surface area contributed by atoms with Crippen molar-refractivity contribution in [1.82, 2.24) is 0 Å². The Morgan fingerprint density at radius 2 is 1.57 bits per heavy atom. The number of hydrogen-bond acceptors (Lipinski definition) is 4. The Bertz CT molecular complexity index is 1430. The van der Waals surface area contributed by atoms with E-state index in [0.29, 0.717) is 28.7 Å². The lowest BCUT2D eigenvalue weighted by Crippen LogP contribution is -2.25. The number of carbonyl (C=O) groups is 1. The Morgan fingerprint density at radius 3 is 2.22 bits per heavy atom. The van der Waals surface area contributed by atoms with Gasteiger partial charge in [-0.2, -0.15) is 10.1 Å². The van der Waals surface area contributed by atoms with Crippen LogP contribution in [0.3, 0.4) is 0 Å². The molecular formula is C26H18ClF5N2O3. The summed E-state index contributed by atoms with van der Waals surface area (Å²) in [6.07, 6.45) is 1.35. The average Bonchev–Trinajstić information content (AvgIpc) is 3.15. The van der Waals surface area contributed by atoms with Crippen LogP contribution in [0.4, 0.5) is 27.6 Å². The third-order valence-electron chi connectivity index (χ3n) is 5.38. The number of ether oxygens (including phenoxy) is 2. The van der Waals surface area contributed by atoms with Gasteiger partial charge in [0.05, 0.1) is 17.9 Å². The molecule has 3 aromatic rings. The fourth-order valence-corrected chi connectivity index (χ4v) is 3.75. The molecule has 192 valence electrons. The summed E-state index contributed by atoms with van der Waals surface area (Å²) in [6.45, 7) is 3.60. The minimum absolute atomic E-state index is 0.00551. The highest BCUT2D eigenvalue weighted by Crippen LogP contribution is 2.35. The lowest BCUT2D eigenvalue weighted by atomic mass is 10.1. The number of hydrogen-bond donors (Lipinski definition) is 0. The van der Waals surface area contributed by atoms with Gasteiger partial charge in [-0.15, -0.1) is 0 Å². The van der Waals surface area contributed by atoms with E-state index in [1.807, 2.05) is 12.1 Å². The molecule has 37 heavy (non-hydrogen) atoms. The average molecular weight is 537 g/mol. The van der Waals surface area contributed by atoms with Crippen LogP contribution in [0.15, 0.2) is 53.1 Å². The van der Waals surface area contributed by atoms with Gasteiger partial charge in [0.25, 0.3) is 5.91 Å². The minimum Gasteiger partial charge on any atom is -0.490 e. The van der Waals surface area contributed by atoms with E-state index in [9.17, 15) is 26.7 Å². The zero-order valence-electron chi connectivity index (χ0n) is 19.4. The summed E-state index contributed by atoms with van der Waals surface area (Å²) in [6, 6.07) is 11.9. The minimum atomic E-state index is -2.33. The van der Waals surface area contributed by atoms with E-state index in [1.165, 1.54) is 13.0 Å². The van der Waals surface area contributed by atoms with Gasteiger partial charge in [0.15, 0.2) is 34.8 Å². The molecule has 0 N–H and O–H groups in total. The predicted molar refractivity (Wildman–Crippen MR) is 128 cm³/mol. The Morgan fingerprint density at radius 1 is 0.919 bits per heavy atom. The van der Waals surface area contributed by atoms with E-state index in [2.05, 4.69) is 5.10 Å². The molecule has 0 bridgehead atoms. The monoisotopic (exact) mass is 536 g/mol. The van der Waals surface area contributed by atoms with Crippen LogP contribution in [0.2, 0.25) is 5.02 Å². The molecule has 0 aromatic heterocycles. The molecule has 4 rings (SSSR count). The molecule has 0 saturated heterocycles. The van der Waals surface area contributed by atoms with Crippen molar-refractivity contribution in [3.63, 3.8) is 0 Å². The molecule has 1 aliphatic heterocycles. The highest BCUT2D eigenvalue weighted by Gasteiger charge is 2.37. The lowest BCUT2D eigenvalue weighted by Gasteiger charge is -2.15. The summed E-state index contributed by atoms with van der Waals surface area (Å²) in [5.41, 5.74) is -0.371. The molecule has 3 aromatic carbocycles. The first-order valence-corrected chi connectivity index (χ1v) is 11.3. The Labute approximate surface area is 213 Å². The fraction of sp³-hybridized carbons (Fsp3) is 0.154. The van der Waals surface area contributed by atoms with E-state index in [1.54, 1.807) is 37.3 Å². The first kappa shape index (κ1) is 26.2. The summed E-state index contributed by atoms with van der Waals surface area (Å²) in [7, 11) is 0. The van der Waals surface area contributed by atoms with Gasteiger partial charge in [-0.1, -0.05) is 35.9 Å². The maximum absolute atomic E-state index is 14.3. The molecule has 11 heteroatoms. The number of nitrogens with zero attached hydrogens (tertiary/aromatic N) is 2. The second-order valence-corrected chi connectivity index (χ2v) is 8.21. The van der Waals surface area contributed by atoms with Gasteiger partial charge < -0.3 is 9.47 Å². The number of anilines is 1. The summed E-state index contributed by atoms with van der Waals surface area (Å²) in [5, 5.41) is 4.42. The zero-order chi connectivity index (χ0) is 26.9. The van der Waals surface area contributed by atoms with E-state index >= 15 is 0 Å². The molecule has 0 atom stereocenters. The van der Waals surface area contributed by atoms with Crippen molar-refractivity contribution >= 4 is 35.0 Å². The zero-order valence-corrected chi connectivity index (χ0v) is 20.2. The molecule has 0 unspecified atom stereocenters. The Balaban J connectivity index is 1.64. The predicted octanol–water partition coefficient (Wildman–Crippen LogP) is 6.82. The van der Waals surface area contributed by atoms with Crippen LogP contribution in [0, 0.1) is 29.1 Å². The van der Waals surface area contributed by atoms with E-state index in [0.717, 1.165) is 5.56 Å². The second-order valence-electron chi connectivity index (χ2n) is 7.80. The van der Waals surface area contributed by atoms with Gasteiger partial charge in [-0.05, 0) is 43.7 Å². The number of benzene rings is 3. The van der Waals surface area contributed by atoms with Crippen LogP contribution in [-0.2, 0) is 11.4 Å². The summed E-state index contributed by atoms with van der Waals surface area (Å²) in [4.78, 5) is 12.9. The van der Waals surface area contributed by atoms with Crippen molar-refractivity contribution < 1.29 is 36.2 Å². The van der Waals surface area contributed by atoms with Crippen molar-refractivity contribution in [2.75, 3.05) is 11.6 Å². The quantitative estimate of drug-likeness (QED) is 0.144. The van der Waals surface area contributed by atoms with Crippen molar-refractivity contribution in [3.05, 3.63) is 93.3 Å². The highest BCUT2D eigenvalue weighted by atomic mass is 35.5. The first-order valence-electron chi connectivity index (χ1n) is 10.9. The molecular weight excluding hydrogens is 519 g/mol. The number of amides is 1. The SMILES string of the molecule is CCOc1cc(/C=C2/C(=O)N(c3c(F)c(F)c(F)c(F)c3F)N=C2C)ccc1OCc1ccccc1Cl. The van der Waals surface area contributed by atoms with Crippen LogP contribution in [0.5, 0.6) is 11.5 Å². The van der Waals surface area contributed by atoms with Crippen LogP contribution in [0.25, 0.3) is 6.08 Å². The van der Waals surface area contributed by atoms with Gasteiger partial charge in [0, 0.05) is 10.6 Å². The molecule has 5 nitrogen and oxygen atoms in total. The molecule has 0 fully saturated rings. The van der Waals surface area contributed by atoms with Crippen molar-refractivity contribution in [2.45, 2.75) is 20.5 Å².